The summed E-state index contributed by atoms with van der Waals surface area (Å²) >= 11 is 1.37. The molecule has 0 saturated heterocycles. The summed E-state index contributed by atoms with van der Waals surface area (Å²) in [6.07, 6.45) is 1.75. The monoisotopic (exact) mass is 237 g/mol. The van der Waals surface area contributed by atoms with Crippen molar-refractivity contribution in [3.63, 3.8) is 0 Å². The molecule has 0 bridgehead atoms. The van der Waals surface area contributed by atoms with E-state index in [1.54, 1.807) is 29.4 Å². The molecule has 2 aromatic heterocycles. The molecule has 84 valence electrons. The lowest BCUT2D eigenvalue weighted by Crippen LogP contribution is -2.13. The van der Waals surface area contributed by atoms with E-state index in [1.165, 1.54) is 11.3 Å². The third-order valence-electron chi connectivity index (χ3n) is 1.91. The summed E-state index contributed by atoms with van der Waals surface area (Å²) in [5.74, 6) is 0.240. The first-order valence-electron chi connectivity index (χ1n) is 4.64. The van der Waals surface area contributed by atoms with Gasteiger partial charge in [0.05, 0.1) is 0 Å². The van der Waals surface area contributed by atoms with Crippen LogP contribution in [0.3, 0.4) is 0 Å². The van der Waals surface area contributed by atoms with Crippen LogP contribution in [-0.4, -0.2) is 20.7 Å². The first-order chi connectivity index (χ1) is 7.69. The summed E-state index contributed by atoms with van der Waals surface area (Å²) in [7, 11) is 1.78. The van der Waals surface area contributed by atoms with E-state index < -0.39 is 0 Å². The summed E-state index contributed by atoms with van der Waals surface area (Å²) in [5, 5.41) is 9.11. The van der Waals surface area contributed by atoms with Gasteiger partial charge in [-0.15, -0.1) is 11.3 Å². The molecule has 2 heterocycles. The smallest absolute Gasteiger partial charge is 0.276 e. The first-order valence-corrected chi connectivity index (χ1v) is 5.52. The topological polar surface area (TPSA) is 85.8 Å². The number of nitrogens with zero attached hydrogens (tertiary/aromatic N) is 3. The maximum Gasteiger partial charge on any atom is 0.276 e. The van der Waals surface area contributed by atoms with Crippen LogP contribution in [-0.2, 0) is 13.6 Å². The molecule has 7 heteroatoms. The zero-order valence-electron chi connectivity index (χ0n) is 8.67. The van der Waals surface area contributed by atoms with E-state index in [4.69, 9.17) is 5.73 Å². The average Bonchev–Trinajstić information content (AvgIpc) is 2.87. The lowest BCUT2D eigenvalue weighted by atomic mass is 10.4. The van der Waals surface area contributed by atoms with Gasteiger partial charge < -0.3 is 11.1 Å². The lowest BCUT2D eigenvalue weighted by Gasteiger charge is -1.97. The van der Waals surface area contributed by atoms with Crippen molar-refractivity contribution in [2.75, 3.05) is 5.32 Å². The molecule has 0 aromatic carbocycles. The molecule has 1 amide bonds. The van der Waals surface area contributed by atoms with Crippen molar-refractivity contribution in [3.05, 3.63) is 28.3 Å². The summed E-state index contributed by atoms with van der Waals surface area (Å²) in [5.41, 5.74) is 5.79. The molecule has 0 unspecified atom stereocenters. The van der Waals surface area contributed by atoms with Gasteiger partial charge in [-0.25, -0.2) is 4.98 Å². The molecule has 16 heavy (non-hydrogen) atoms. The third-order valence-corrected chi connectivity index (χ3v) is 2.79. The van der Waals surface area contributed by atoms with Crippen LogP contribution < -0.4 is 11.1 Å². The molecule has 2 rings (SSSR count). The Balaban J connectivity index is 2.08. The van der Waals surface area contributed by atoms with Crippen molar-refractivity contribution in [2.45, 2.75) is 6.54 Å². The highest BCUT2D eigenvalue weighted by atomic mass is 32.1. The number of nitrogens with two attached hydrogens (primary N) is 1. The van der Waals surface area contributed by atoms with E-state index in [0.717, 1.165) is 5.01 Å². The minimum Gasteiger partial charge on any atom is -0.325 e. The van der Waals surface area contributed by atoms with Crippen LogP contribution in [0.15, 0.2) is 17.6 Å². The minimum absolute atomic E-state index is 0.269. The molecule has 2 aromatic rings. The van der Waals surface area contributed by atoms with Crippen molar-refractivity contribution in [1.82, 2.24) is 14.8 Å². The van der Waals surface area contributed by atoms with E-state index in [1.807, 2.05) is 0 Å². The van der Waals surface area contributed by atoms with Gasteiger partial charge >= 0.3 is 0 Å². The molecule has 0 radical (unpaired) electrons. The normalized spacial score (nSPS) is 10.4. The molecule has 0 aliphatic heterocycles. The Morgan fingerprint density at radius 2 is 2.50 bits per heavy atom. The van der Waals surface area contributed by atoms with Crippen molar-refractivity contribution in [3.8, 4) is 0 Å². The van der Waals surface area contributed by atoms with E-state index >= 15 is 0 Å². The number of thiazole rings is 1. The molecule has 6 nitrogen and oxygen atoms in total. The van der Waals surface area contributed by atoms with Crippen LogP contribution in [0.5, 0.6) is 0 Å². The predicted octanol–water partition coefficient (Wildman–Crippen LogP) is 0.588. The predicted molar refractivity (Wildman–Crippen MR) is 61.2 cm³/mol. The number of hydrogen-bond donors (Lipinski definition) is 2. The fraction of sp³-hybridized carbons (Fsp3) is 0.222. The number of carbonyl (C=O) groups is 1. The second-order valence-corrected chi connectivity index (χ2v) is 4.10. The standard InChI is InChI=1S/C9H11N5OS/c1-14-3-2-7(13-14)12-9(15)6-5-16-8(4-10)11-6/h2-3,5H,4,10H2,1H3,(H,12,13,15). The summed E-state index contributed by atoms with van der Waals surface area (Å²) in [6.45, 7) is 0.349. The number of amides is 1. The van der Waals surface area contributed by atoms with Gasteiger partial charge in [-0.1, -0.05) is 0 Å². The van der Waals surface area contributed by atoms with Gasteiger partial charge in [-0.2, -0.15) is 5.10 Å². The van der Waals surface area contributed by atoms with Gasteiger partial charge in [0, 0.05) is 31.2 Å². The summed E-state index contributed by atoms with van der Waals surface area (Å²) in [6, 6.07) is 1.72. The Morgan fingerprint density at radius 1 is 1.69 bits per heavy atom. The largest absolute Gasteiger partial charge is 0.325 e. The fourth-order valence-electron chi connectivity index (χ4n) is 1.17. The Bertz CT molecular complexity index is 503. The average molecular weight is 237 g/mol. The van der Waals surface area contributed by atoms with Gasteiger partial charge in [0.15, 0.2) is 5.82 Å². The Kier molecular flexibility index (Phi) is 2.97. The third kappa shape index (κ3) is 2.26. The van der Waals surface area contributed by atoms with Gasteiger partial charge in [-0.3, -0.25) is 9.48 Å². The number of nitrogens with one attached hydrogen (secondary N) is 1. The molecule has 0 aliphatic rings. The Labute approximate surface area is 96.1 Å². The molecule has 0 spiro atoms. The van der Waals surface area contributed by atoms with Gasteiger partial charge in [-0.05, 0) is 0 Å². The highest BCUT2D eigenvalue weighted by molar-refractivity contribution is 7.09. The number of aromatic nitrogens is 3. The molecule has 3 N–H and O–H groups in total. The Hall–Kier alpha value is -1.73. The highest BCUT2D eigenvalue weighted by Crippen LogP contribution is 2.10. The van der Waals surface area contributed by atoms with Crippen molar-refractivity contribution >= 4 is 23.1 Å². The molecular weight excluding hydrogens is 226 g/mol. The van der Waals surface area contributed by atoms with Crippen LogP contribution in [0, 0.1) is 0 Å². The second-order valence-electron chi connectivity index (χ2n) is 3.16. The number of anilines is 1. The van der Waals surface area contributed by atoms with Crippen LogP contribution in [0.2, 0.25) is 0 Å². The molecule has 0 fully saturated rings. The maximum atomic E-state index is 11.7. The zero-order chi connectivity index (χ0) is 11.5. The fourth-order valence-corrected chi connectivity index (χ4v) is 1.83. The van der Waals surface area contributed by atoms with Crippen molar-refractivity contribution in [2.24, 2.45) is 12.8 Å². The molecule has 0 saturated carbocycles. The summed E-state index contributed by atoms with van der Waals surface area (Å²) in [4.78, 5) is 15.8. The van der Waals surface area contributed by atoms with Crippen LogP contribution in [0.1, 0.15) is 15.5 Å². The van der Waals surface area contributed by atoms with E-state index in [0.29, 0.717) is 18.1 Å². The molecule has 0 atom stereocenters. The van der Waals surface area contributed by atoms with Crippen LogP contribution >= 0.6 is 11.3 Å². The van der Waals surface area contributed by atoms with Crippen molar-refractivity contribution in [1.29, 1.82) is 0 Å². The Morgan fingerprint density at radius 3 is 3.06 bits per heavy atom. The number of hydrogen-bond acceptors (Lipinski definition) is 5. The van der Waals surface area contributed by atoms with E-state index in [9.17, 15) is 4.79 Å². The number of aryl methyl sites for hydroxylation is 1. The van der Waals surface area contributed by atoms with Crippen LogP contribution in [0.4, 0.5) is 5.82 Å². The lowest BCUT2D eigenvalue weighted by molar-refractivity contribution is 0.102. The van der Waals surface area contributed by atoms with Crippen LogP contribution in [0.25, 0.3) is 0 Å². The summed E-state index contributed by atoms with van der Waals surface area (Å²) < 4.78 is 1.61. The van der Waals surface area contributed by atoms with Gasteiger partial charge in [0.25, 0.3) is 5.91 Å². The maximum absolute atomic E-state index is 11.7. The van der Waals surface area contributed by atoms with Crippen molar-refractivity contribution < 1.29 is 4.79 Å². The van der Waals surface area contributed by atoms with Gasteiger partial charge in [0.2, 0.25) is 0 Å². The minimum atomic E-state index is -0.269. The van der Waals surface area contributed by atoms with E-state index in [2.05, 4.69) is 15.4 Å². The molecule has 0 aliphatic carbocycles. The van der Waals surface area contributed by atoms with Gasteiger partial charge in [0.1, 0.15) is 10.7 Å². The molecular formula is C9H11N5OS. The van der Waals surface area contributed by atoms with E-state index in [-0.39, 0.29) is 5.91 Å². The SMILES string of the molecule is Cn1ccc(NC(=O)c2csc(CN)n2)n1. The second kappa shape index (κ2) is 4.42. The highest BCUT2D eigenvalue weighted by Gasteiger charge is 2.11. The zero-order valence-corrected chi connectivity index (χ0v) is 9.49. The number of rotatable bonds is 3. The quantitative estimate of drug-likeness (QED) is 0.818. The number of carbonyl (C=O) groups excluding carboxylic acids is 1. The first kappa shape index (κ1) is 10.8.